The van der Waals surface area contributed by atoms with Gasteiger partial charge in [0.15, 0.2) is 5.69 Å². The van der Waals surface area contributed by atoms with Crippen LogP contribution in [0.15, 0.2) is 24.5 Å². The van der Waals surface area contributed by atoms with Gasteiger partial charge in [-0.1, -0.05) is 0 Å². The van der Waals surface area contributed by atoms with E-state index in [1.807, 2.05) is 6.07 Å². The number of nitrogens with zero attached hydrogens (tertiary/aromatic N) is 3. The average Bonchev–Trinajstić information content (AvgIpc) is 2.79. The number of aromatic nitrogens is 2. The van der Waals surface area contributed by atoms with Crippen LogP contribution in [-0.2, 0) is 4.74 Å². The van der Waals surface area contributed by atoms with E-state index in [9.17, 15) is 9.18 Å². The van der Waals surface area contributed by atoms with Gasteiger partial charge >= 0.3 is 5.97 Å². The van der Waals surface area contributed by atoms with Gasteiger partial charge in [0.05, 0.1) is 24.4 Å². The molecule has 0 aliphatic carbocycles. The first-order chi connectivity index (χ1) is 9.08. The molecule has 0 aliphatic heterocycles. The molecule has 96 valence electrons. The van der Waals surface area contributed by atoms with Crippen LogP contribution in [0.4, 0.5) is 10.2 Å². The molecule has 0 fully saturated rings. The van der Waals surface area contributed by atoms with Gasteiger partial charge in [0.2, 0.25) is 0 Å². The Hall–Kier alpha value is -2.88. The molecule has 2 N–H and O–H groups in total. The molecule has 0 saturated carbocycles. The number of hydrogen-bond donors (Lipinski definition) is 1. The summed E-state index contributed by atoms with van der Waals surface area (Å²) in [5.41, 5.74) is 5.91. The minimum absolute atomic E-state index is 0.0320. The average molecular weight is 260 g/mol. The number of nitriles is 1. The molecule has 19 heavy (non-hydrogen) atoms. The van der Waals surface area contributed by atoms with E-state index in [0.29, 0.717) is 0 Å². The van der Waals surface area contributed by atoms with Gasteiger partial charge in [-0.25, -0.2) is 14.2 Å². The maximum absolute atomic E-state index is 13.8. The number of carbonyl (C=O) groups is 1. The number of benzene rings is 1. The molecule has 1 heterocycles. The zero-order valence-electron chi connectivity index (χ0n) is 9.92. The number of methoxy groups -OCH3 is 1. The fourth-order valence-corrected chi connectivity index (χ4v) is 1.58. The van der Waals surface area contributed by atoms with E-state index in [-0.39, 0.29) is 22.8 Å². The summed E-state index contributed by atoms with van der Waals surface area (Å²) in [6.07, 6.45) is 1.21. The zero-order valence-corrected chi connectivity index (χ0v) is 9.92. The first-order valence-corrected chi connectivity index (χ1v) is 5.19. The summed E-state index contributed by atoms with van der Waals surface area (Å²) in [5.74, 6) is -1.37. The maximum Gasteiger partial charge on any atom is 0.360 e. The fourth-order valence-electron chi connectivity index (χ4n) is 1.58. The van der Waals surface area contributed by atoms with Gasteiger partial charge in [0, 0.05) is 0 Å². The molecule has 6 nitrogen and oxygen atoms in total. The number of esters is 1. The van der Waals surface area contributed by atoms with Gasteiger partial charge < -0.3 is 10.5 Å². The van der Waals surface area contributed by atoms with Crippen molar-refractivity contribution in [2.75, 3.05) is 12.8 Å². The molecule has 7 heteroatoms. The fraction of sp³-hybridized carbons (Fsp3) is 0.0833. The molecular weight excluding hydrogens is 251 g/mol. The first kappa shape index (κ1) is 12.6. The summed E-state index contributed by atoms with van der Waals surface area (Å²) in [4.78, 5) is 15.1. The first-order valence-electron chi connectivity index (χ1n) is 5.19. The Balaban J connectivity index is 2.52. The quantitative estimate of drug-likeness (QED) is 0.820. The topological polar surface area (TPSA) is 93.9 Å². The highest BCUT2D eigenvalue weighted by Crippen LogP contribution is 2.21. The van der Waals surface area contributed by atoms with Crippen molar-refractivity contribution in [3.63, 3.8) is 0 Å². The van der Waals surface area contributed by atoms with Crippen LogP contribution in [0.25, 0.3) is 5.69 Å². The lowest BCUT2D eigenvalue weighted by Crippen LogP contribution is -2.08. The number of halogens is 1. The van der Waals surface area contributed by atoms with Gasteiger partial charge in [-0.15, -0.1) is 0 Å². The lowest BCUT2D eigenvalue weighted by molar-refractivity contribution is 0.0596. The third-order valence-corrected chi connectivity index (χ3v) is 2.52. The normalized spacial score (nSPS) is 9.95. The van der Waals surface area contributed by atoms with Crippen molar-refractivity contribution in [1.29, 1.82) is 5.26 Å². The summed E-state index contributed by atoms with van der Waals surface area (Å²) < 4.78 is 19.5. The highest BCUT2D eigenvalue weighted by atomic mass is 19.1. The highest BCUT2D eigenvalue weighted by molar-refractivity contribution is 5.92. The largest absolute Gasteiger partial charge is 0.464 e. The van der Waals surface area contributed by atoms with Gasteiger partial charge in [-0.05, 0) is 18.2 Å². The van der Waals surface area contributed by atoms with E-state index in [1.54, 1.807) is 0 Å². The van der Waals surface area contributed by atoms with Crippen molar-refractivity contribution in [2.24, 2.45) is 0 Å². The minimum atomic E-state index is -0.703. The van der Waals surface area contributed by atoms with Crippen LogP contribution in [0.5, 0.6) is 0 Å². The van der Waals surface area contributed by atoms with Crippen LogP contribution >= 0.6 is 0 Å². The Morgan fingerprint density at radius 3 is 2.89 bits per heavy atom. The van der Waals surface area contributed by atoms with Gasteiger partial charge in [0.1, 0.15) is 18.0 Å². The van der Waals surface area contributed by atoms with Crippen LogP contribution in [0.1, 0.15) is 16.1 Å². The molecular formula is C12H9FN4O2. The van der Waals surface area contributed by atoms with Crippen LogP contribution in [-0.4, -0.2) is 22.6 Å². The molecule has 0 unspecified atom stereocenters. The minimum Gasteiger partial charge on any atom is -0.464 e. The van der Waals surface area contributed by atoms with Crippen LogP contribution in [0.2, 0.25) is 0 Å². The lowest BCUT2D eigenvalue weighted by atomic mass is 10.2. The Morgan fingerprint density at radius 2 is 2.32 bits per heavy atom. The molecule has 1 aromatic heterocycles. The Labute approximate surface area is 107 Å². The van der Waals surface area contributed by atoms with E-state index >= 15 is 0 Å². The lowest BCUT2D eigenvalue weighted by Gasteiger charge is -2.06. The Kier molecular flexibility index (Phi) is 3.16. The van der Waals surface area contributed by atoms with Crippen molar-refractivity contribution in [3.05, 3.63) is 41.6 Å². The van der Waals surface area contributed by atoms with E-state index in [0.717, 1.165) is 6.07 Å². The number of ether oxygens (including phenoxy) is 1. The van der Waals surface area contributed by atoms with E-state index in [1.165, 1.54) is 30.1 Å². The number of hydrogen-bond acceptors (Lipinski definition) is 5. The second-order valence-electron chi connectivity index (χ2n) is 3.62. The summed E-state index contributed by atoms with van der Waals surface area (Å²) >= 11 is 0. The van der Waals surface area contributed by atoms with Gasteiger partial charge in [-0.2, -0.15) is 5.26 Å². The van der Waals surface area contributed by atoms with Crippen LogP contribution in [0, 0.1) is 17.1 Å². The smallest absolute Gasteiger partial charge is 0.360 e. The van der Waals surface area contributed by atoms with Gasteiger partial charge in [0.25, 0.3) is 0 Å². The third-order valence-electron chi connectivity index (χ3n) is 2.52. The molecule has 0 spiro atoms. The molecule has 0 atom stereocenters. The monoisotopic (exact) mass is 260 g/mol. The number of anilines is 1. The molecule has 1 aromatic carbocycles. The van der Waals surface area contributed by atoms with E-state index in [4.69, 9.17) is 11.0 Å². The third kappa shape index (κ3) is 2.11. The number of nitrogen functional groups attached to an aromatic ring is 1. The summed E-state index contributed by atoms with van der Waals surface area (Å²) in [7, 11) is 1.20. The Morgan fingerprint density at radius 1 is 1.58 bits per heavy atom. The predicted molar refractivity (Wildman–Crippen MR) is 64.0 cm³/mol. The maximum atomic E-state index is 13.8. The predicted octanol–water partition coefficient (Wildman–Crippen LogP) is 1.25. The van der Waals surface area contributed by atoms with Crippen molar-refractivity contribution >= 4 is 11.8 Å². The van der Waals surface area contributed by atoms with Crippen molar-refractivity contribution in [3.8, 4) is 11.8 Å². The summed E-state index contributed by atoms with van der Waals surface area (Å²) in [6, 6.07) is 5.72. The molecule has 0 bridgehead atoms. The van der Waals surface area contributed by atoms with Crippen LogP contribution < -0.4 is 5.73 Å². The van der Waals surface area contributed by atoms with Crippen molar-refractivity contribution in [1.82, 2.24) is 9.55 Å². The number of carbonyl (C=O) groups excluding carboxylic acids is 1. The van der Waals surface area contributed by atoms with Crippen molar-refractivity contribution < 1.29 is 13.9 Å². The molecule has 0 aliphatic rings. The molecule has 2 rings (SSSR count). The SMILES string of the molecule is COC(=O)c1ncn(-c2ccc(C#N)cc2F)c1N. The van der Waals surface area contributed by atoms with Crippen LogP contribution in [0.3, 0.4) is 0 Å². The zero-order chi connectivity index (χ0) is 14.0. The number of imidazole rings is 1. The van der Waals surface area contributed by atoms with E-state index in [2.05, 4.69) is 9.72 Å². The molecule has 2 aromatic rings. The number of rotatable bonds is 2. The molecule has 0 saturated heterocycles. The number of nitrogens with two attached hydrogens (primary N) is 1. The standard InChI is InChI=1S/C12H9FN4O2/c1-19-12(18)10-11(15)17(6-16-10)9-3-2-7(5-14)4-8(9)13/h2-4,6H,15H2,1H3. The second kappa shape index (κ2) is 4.78. The van der Waals surface area contributed by atoms with Gasteiger partial charge in [-0.3, -0.25) is 4.57 Å². The summed E-state index contributed by atoms with van der Waals surface area (Å²) in [5, 5.41) is 8.67. The van der Waals surface area contributed by atoms with Crippen molar-refractivity contribution in [2.45, 2.75) is 0 Å². The summed E-state index contributed by atoms with van der Waals surface area (Å²) in [6.45, 7) is 0. The Bertz CT molecular complexity index is 688. The molecule has 0 radical (unpaired) electrons. The highest BCUT2D eigenvalue weighted by Gasteiger charge is 2.18. The molecule has 0 amide bonds. The second-order valence-corrected chi connectivity index (χ2v) is 3.62. The van der Waals surface area contributed by atoms with E-state index < -0.39 is 11.8 Å².